The Morgan fingerprint density at radius 3 is 2.35 bits per heavy atom. The minimum absolute atomic E-state index is 0.156. The van der Waals surface area contributed by atoms with E-state index in [-0.39, 0.29) is 10.8 Å². The fraction of sp³-hybridized carbons (Fsp3) is 0.0769. The summed E-state index contributed by atoms with van der Waals surface area (Å²) in [7, 11) is 0. The molecule has 0 atom stereocenters. The Morgan fingerprint density at radius 2 is 1.71 bits per heavy atom. The molecule has 0 bridgehead atoms. The third-order valence-corrected chi connectivity index (χ3v) is 2.89. The molecule has 0 heterocycles. The van der Waals surface area contributed by atoms with Crippen LogP contribution >= 0.6 is 11.6 Å². The van der Waals surface area contributed by atoms with Crippen LogP contribution in [0.1, 0.15) is 5.56 Å². The van der Waals surface area contributed by atoms with Crippen molar-refractivity contribution in [2.75, 3.05) is 5.73 Å². The van der Waals surface area contributed by atoms with Gasteiger partial charge in [-0.05, 0) is 42.3 Å². The Balaban J connectivity index is 2.68. The third-order valence-electron chi connectivity index (χ3n) is 2.57. The van der Waals surface area contributed by atoms with Gasteiger partial charge in [0.25, 0.3) is 0 Å². The van der Waals surface area contributed by atoms with Gasteiger partial charge < -0.3 is 5.73 Å². The van der Waals surface area contributed by atoms with E-state index in [0.29, 0.717) is 22.4 Å². The molecule has 0 aromatic heterocycles. The summed E-state index contributed by atoms with van der Waals surface area (Å²) in [6, 6.07) is 6.68. The van der Waals surface area contributed by atoms with Crippen LogP contribution in [0.25, 0.3) is 11.1 Å². The summed E-state index contributed by atoms with van der Waals surface area (Å²) in [4.78, 5) is 0. The van der Waals surface area contributed by atoms with Crippen molar-refractivity contribution in [3.8, 4) is 11.1 Å². The number of nitrogen functional groups attached to an aromatic ring is 1. The first-order valence-electron chi connectivity index (χ1n) is 5.00. The maximum absolute atomic E-state index is 13.3. The molecule has 0 amide bonds. The largest absolute Gasteiger partial charge is 0.397 e. The van der Waals surface area contributed by atoms with Crippen LogP contribution in [0.5, 0.6) is 0 Å². The molecule has 1 nitrogen and oxygen atoms in total. The van der Waals surface area contributed by atoms with Crippen LogP contribution in [0.2, 0.25) is 5.02 Å². The summed E-state index contributed by atoms with van der Waals surface area (Å²) >= 11 is 5.81. The summed E-state index contributed by atoms with van der Waals surface area (Å²) in [5.41, 5.74) is 7.92. The number of hydrogen-bond donors (Lipinski definition) is 1. The van der Waals surface area contributed by atoms with Gasteiger partial charge in [-0.3, -0.25) is 0 Å². The van der Waals surface area contributed by atoms with Crippen LogP contribution in [0, 0.1) is 18.6 Å². The van der Waals surface area contributed by atoms with Crippen LogP contribution in [-0.4, -0.2) is 0 Å². The normalized spacial score (nSPS) is 10.6. The first-order chi connectivity index (χ1) is 7.99. The Bertz CT molecular complexity index is 582. The maximum Gasteiger partial charge on any atom is 0.125 e. The molecule has 4 heteroatoms. The number of halogens is 3. The molecule has 0 radical (unpaired) electrons. The predicted molar refractivity (Wildman–Crippen MR) is 66.0 cm³/mol. The highest BCUT2D eigenvalue weighted by atomic mass is 35.5. The molecular weight excluding hydrogens is 244 g/mol. The minimum atomic E-state index is -0.470. The summed E-state index contributed by atoms with van der Waals surface area (Å²) < 4.78 is 26.3. The van der Waals surface area contributed by atoms with Crippen LogP contribution in [-0.2, 0) is 0 Å². The first kappa shape index (κ1) is 11.9. The van der Waals surface area contributed by atoms with Crippen molar-refractivity contribution in [3.63, 3.8) is 0 Å². The topological polar surface area (TPSA) is 26.0 Å². The number of benzene rings is 2. The number of hydrogen-bond acceptors (Lipinski definition) is 1. The maximum atomic E-state index is 13.3. The zero-order valence-electron chi connectivity index (χ0n) is 9.10. The summed E-state index contributed by atoms with van der Waals surface area (Å²) in [5, 5.41) is 0.156. The summed E-state index contributed by atoms with van der Waals surface area (Å²) in [5.74, 6) is -0.810. The van der Waals surface area contributed by atoms with E-state index < -0.39 is 5.82 Å². The standard InChI is InChI=1S/C13H10ClF2N/c1-7-4-8(15)2-3-10(7)11-5-9(16)6-12(14)13(11)17/h2-6H,17H2,1H3. The third kappa shape index (κ3) is 2.24. The molecule has 2 rings (SSSR count). The molecule has 0 unspecified atom stereocenters. The van der Waals surface area contributed by atoms with E-state index in [1.54, 1.807) is 13.0 Å². The first-order valence-corrected chi connectivity index (χ1v) is 5.38. The van der Waals surface area contributed by atoms with Gasteiger partial charge in [-0.2, -0.15) is 0 Å². The van der Waals surface area contributed by atoms with Crippen LogP contribution in [0.15, 0.2) is 30.3 Å². The monoisotopic (exact) mass is 253 g/mol. The number of nitrogens with two attached hydrogens (primary N) is 1. The Kier molecular flexibility index (Phi) is 3.03. The second-order valence-corrected chi connectivity index (χ2v) is 4.22. The van der Waals surface area contributed by atoms with Crippen molar-refractivity contribution < 1.29 is 8.78 Å². The van der Waals surface area contributed by atoms with E-state index in [4.69, 9.17) is 17.3 Å². The van der Waals surface area contributed by atoms with Gasteiger partial charge in [0, 0.05) is 5.56 Å². The van der Waals surface area contributed by atoms with E-state index in [1.165, 1.54) is 18.2 Å². The highest BCUT2D eigenvalue weighted by molar-refractivity contribution is 6.33. The quantitative estimate of drug-likeness (QED) is 0.758. The van der Waals surface area contributed by atoms with Crippen molar-refractivity contribution in [3.05, 3.63) is 52.6 Å². The summed E-state index contributed by atoms with van der Waals surface area (Å²) in [6.07, 6.45) is 0. The highest BCUT2D eigenvalue weighted by Gasteiger charge is 2.11. The molecule has 2 aromatic carbocycles. The lowest BCUT2D eigenvalue weighted by molar-refractivity contribution is 0.626. The lowest BCUT2D eigenvalue weighted by Crippen LogP contribution is -1.95. The van der Waals surface area contributed by atoms with Crippen LogP contribution in [0.3, 0.4) is 0 Å². The fourth-order valence-corrected chi connectivity index (χ4v) is 1.94. The Morgan fingerprint density at radius 1 is 1.00 bits per heavy atom. The van der Waals surface area contributed by atoms with Gasteiger partial charge in [0.1, 0.15) is 11.6 Å². The molecule has 0 spiro atoms. The van der Waals surface area contributed by atoms with Crippen LogP contribution in [0.4, 0.5) is 14.5 Å². The van der Waals surface area contributed by atoms with Gasteiger partial charge in [0.05, 0.1) is 10.7 Å². The Labute approximate surface area is 103 Å². The zero-order chi connectivity index (χ0) is 12.6. The molecular formula is C13H10ClF2N. The van der Waals surface area contributed by atoms with Gasteiger partial charge in [-0.25, -0.2) is 8.78 Å². The number of anilines is 1. The molecule has 0 aliphatic carbocycles. The van der Waals surface area contributed by atoms with E-state index in [9.17, 15) is 8.78 Å². The van der Waals surface area contributed by atoms with Gasteiger partial charge >= 0.3 is 0 Å². The number of rotatable bonds is 1. The van der Waals surface area contributed by atoms with E-state index in [0.717, 1.165) is 6.07 Å². The molecule has 0 fully saturated rings. The van der Waals surface area contributed by atoms with Crippen molar-refractivity contribution in [2.45, 2.75) is 6.92 Å². The molecule has 88 valence electrons. The fourth-order valence-electron chi connectivity index (χ4n) is 1.74. The molecule has 0 aliphatic heterocycles. The molecule has 0 saturated heterocycles. The second kappa shape index (κ2) is 4.34. The molecule has 0 aliphatic rings. The minimum Gasteiger partial charge on any atom is -0.397 e. The Hall–Kier alpha value is -1.61. The van der Waals surface area contributed by atoms with Gasteiger partial charge in [0.2, 0.25) is 0 Å². The second-order valence-electron chi connectivity index (χ2n) is 3.81. The van der Waals surface area contributed by atoms with Gasteiger partial charge in [-0.1, -0.05) is 17.7 Å². The smallest absolute Gasteiger partial charge is 0.125 e. The molecule has 0 saturated carbocycles. The van der Waals surface area contributed by atoms with E-state index in [1.807, 2.05) is 0 Å². The van der Waals surface area contributed by atoms with Gasteiger partial charge in [-0.15, -0.1) is 0 Å². The van der Waals surface area contributed by atoms with E-state index in [2.05, 4.69) is 0 Å². The van der Waals surface area contributed by atoms with Gasteiger partial charge in [0.15, 0.2) is 0 Å². The predicted octanol–water partition coefficient (Wildman–Crippen LogP) is 4.18. The van der Waals surface area contributed by atoms with Crippen molar-refractivity contribution in [2.24, 2.45) is 0 Å². The van der Waals surface area contributed by atoms with Crippen molar-refractivity contribution >= 4 is 17.3 Å². The lowest BCUT2D eigenvalue weighted by Gasteiger charge is -2.10. The average molecular weight is 254 g/mol. The van der Waals surface area contributed by atoms with Crippen molar-refractivity contribution in [1.82, 2.24) is 0 Å². The van der Waals surface area contributed by atoms with E-state index >= 15 is 0 Å². The number of aryl methyl sites for hydroxylation is 1. The lowest BCUT2D eigenvalue weighted by atomic mass is 9.99. The highest BCUT2D eigenvalue weighted by Crippen LogP contribution is 2.34. The average Bonchev–Trinajstić information content (AvgIpc) is 2.24. The molecule has 17 heavy (non-hydrogen) atoms. The molecule has 2 aromatic rings. The zero-order valence-corrected chi connectivity index (χ0v) is 9.85. The van der Waals surface area contributed by atoms with Crippen LogP contribution < -0.4 is 5.73 Å². The SMILES string of the molecule is Cc1cc(F)ccc1-c1cc(F)cc(Cl)c1N. The molecule has 2 N–H and O–H groups in total. The summed E-state index contributed by atoms with van der Waals surface area (Å²) in [6.45, 7) is 1.73. The van der Waals surface area contributed by atoms with Crippen molar-refractivity contribution in [1.29, 1.82) is 0 Å².